The third-order valence-corrected chi connectivity index (χ3v) is 10.1. The lowest BCUT2D eigenvalue weighted by Gasteiger charge is -2.38. The van der Waals surface area contributed by atoms with E-state index < -0.39 is 34.8 Å². The molecule has 248 valence electrons. The summed E-state index contributed by atoms with van der Waals surface area (Å²) >= 11 is 8.22. The van der Waals surface area contributed by atoms with E-state index in [-0.39, 0.29) is 58.9 Å². The van der Waals surface area contributed by atoms with E-state index in [2.05, 4.69) is 15.3 Å². The number of allylic oxidation sites excluding steroid dienone is 1. The number of imidazole rings is 1. The summed E-state index contributed by atoms with van der Waals surface area (Å²) in [6, 6.07) is 6.54. The minimum atomic E-state index is -1.99. The highest BCUT2D eigenvalue weighted by Gasteiger charge is 2.61. The molecule has 3 atom stereocenters. The van der Waals surface area contributed by atoms with Gasteiger partial charge < -0.3 is 39.1 Å². The number of Topliss-reactive ketones (excluding diaryl/α,β-unsaturated/α-hetero) is 2. The van der Waals surface area contributed by atoms with E-state index in [1.807, 2.05) is 6.92 Å². The molecule has 1 spiro atoms. The standard InChI is InChI=1S/C33H34ClN3O9S/c1-16-9-21(38)27(31(40)33(16)32(41)28-24(42-3)12-25(43-4)29(34)30(28)46-33)19(18-5-6-22-23(10-18)45-15-44-22)11-26(39)35-7-8-47-13-20-17(2)36-14-37-20/h5-6,10,12,14,16,19,40H,7-9,11,13,15H2,1-4H3,(H,35,39)(H,36,37). The van der Waals surface area contributed by atoms with Crippen LogP contribution in [-0.4, -0.2) is 71.5 Å². The molecule has 0 saturated heterocycles. The fourth-order valence-electron chi connectivity index (χ4n) is 6.28. The first-order valence-electron chi connectivity index (χ1n) is 15.0. The third-order valence-electron chi connectivity index (χ3n) is 8.79. The normalized spacial score (nSPS) is 20.3. The Labute approximate surface area is 280 Å². The second-order valence-corrected chi connectivity index (χ2v) is 13.0. The number of nitrogens with one attached hydrogen (secondary N) is 2. The van der Waals surface area contributed by atoms with E-state index in [0.29, 0.717) is 35.1 Å². The van der Waals surface area contributed by atoms with Crippen LogP contribution in [0.25, 0.3) is 0 Å². The number of aryl methyl sites for hydroxylation is 1. The minimum Gasteiger partial charge on any atom is -0.507 e. The summed E-state index contributed by atoms with van der Waals surface area (Å²) in [6.07, 6.45) is 1.31. The van der Waals surface area contributed by atoms with Gasteiger partial charge in [0.15, 0.2) is 28.8 Å². The Kier molecular flexibility index (Phi) is 9.03. The van der Waals surface area contributed by atoms with Crippen LogP contribution in [0.5, 0.6) is 28.7 Å². The molecule has 12 nitrogen and oxygen atoms in total. The topological polar surface area (TPSA) is 158 Å². The van der Waals surface area contributed by atoms with Crippen molar-refractivity contribution in [2.24, 2.45) is 5.92 Å². The van der Waals surface area contributed by atoms with Crippen LogP contribution in [0, 0.1) is 12.8 Å². The number of rotatable bonds is 11. The maximum absolute atomic E-state index is 14.3. The van der Waals surface area contributed by atoms with Crippen LogP contribution in [0.15, 0.2) is 41.9 Å². The van der Waals surface area contributed by atoms with Crippen molar-refractivity contribution in [3.63, 3.8) is 0 Å². The van der Waals surface area contributed by atoms with Gasteiger partial charge in [-0.2, -0.15) is 11.8 Å². The number of benzene rings is 2. The molecule has 0 fully saturated rings. The van der Waals surface area contributed by atoms with Crippen molar-refractivity contribution >= 4 is 40.8 Å². The van der Waals surface area contributed by atoms with Gasteiger partial charge in [-0.1, -0.05) is 24.6 Å². The molecule has 0 saturated carbocycles. The summed E-state index contributed by atoms with van der Waals surface area (Å²) in [7, 11) is 2.80. The molecular formula is C33H34ClN3O9S. The number of thioether (sulfide) groups is 1. The Bertz CT molecular complexity index is 1790. The largest absolute Gasteiger partial charge is 0.507 e. The van der Waals surface area contributed by atoms with Gasteiger partial charge in [0.1, 0.15) is 22.1 Å². The lowest BCUT2D eigenvalue weighted by Crippen LogP contribution is -2.53. The van der Waals surface area contributed by atoms with Crippen LogP contribution in [0.1, 0.15) is 53.0 Å². The van der Waals surface area contributed by atoms with Crippen LogP contribution in [0.4, 0.5) is 0 Å². The van der Waals surface area contributed by atoms with Crippen LogP contribution < -0.4 is 29.0 Å². The first kappa shape index (κ1) is 32.6. The summed E-state index contributed by atoms with van der Waals surface area (Å²) in [5.74, 6) is -1.05. The Balaban J connectivity index is 1.34. The summed E-state index contributed by atoms with van der Waals surface area (Å²) in [5, 5.41) is 15.0. The molecule has 1 amide bonds. The second-order valence-electron chi connectivity index (χ2n) is 11.5. The van der Waals surface area contributed by atoms with E-state index in [0.717, 1.165) is 11.4 Å². The van der Waals surface area contributed by atoms with E-state index in [9.17, 15) is 19.5 Å². The molecule has 6 rings (SSSR count). The quantitative estimate of drug-likeness (QED) is 0.232. The van der Waals surface area contributed by atoms with Gasteiger partial charge in [-0.3, -0.25) is 14.4 Å². The van der Waals surface area contributed by atoms with Crippen LogP contribution >= 0.6 is 23.4 Å². The van der Waals surface area contributed by atoms with E-state index >= 15 is 0 Å². The van der Waals surface area contributed by atoms with Gasteiger partial charge in [-0.05, 0) is 24.6 Å². The second kappa shape index (κ2) is 13.0. The SMILES string of the molecule is COc1cc(OC)c2c(c1Cl)OC1(C2=O)C(O)=C(C(CC(=O)NCCSCc2nc[nH]c2C)c2ccc3c(c2)OCO3)C(=O)CC1C. The van der Waals surface area contributed by atoms with Gasteiger partial charge in [-0.25, -0.2) is 4.98 Å². The number of ether oxygens (including phenoxy) is 5. The van der Waals surface area contributed by atoms with Crippen molar-refractivity contribution in [1.82, 2.24) is 15.3 Å². The molecule has 1 aliphatic carbocycles. The Morgan fingerprint density at radius 2 is 1.98 bits per heavy atom. The van der Waals surface area contributed by atoms with E-state index in [1.54, 1.807) is 43.2 Å². The zero-order valence-corrected chi connectivity index (χ0v) is 27.8. The highest BCUT2D eigenvalue weighted by Crippen LogP contribution is 2.56. The van der Waals surface area contributed by atoms with Crippen LogP contribution in [0.2, 0.25) is 5.02 Å². The highest BCUT2D eigenvalue weighted by molar-refractivity contribution is 7.98. The lowest BCUT2D eigenvalue weighted by atomic mass is 9.69. The number of hydrogen-bond donors (Lipinski definition) is 3. The van der Waals surface area contributed by atoms with Gasteiger partial charge in [-0.15, -0.1) is 0 Å². The van der Waals surface area contributed by atoms with E-state index in [4.69, 9.17) is 35.3 Å². The summed E-state index contributed by atoms with van der Waals surface area (Å²) in [5.41, 5.74) is 0.425. The minimum absolute atomic E-state index is 0.0140. The van der Waals surface area contributed by atoms with Gasteiger partial charge in [0.2, 0.25) is 24.1 Å². The van der Waals surface area contributed by atoms with Gasteiger partial charge in [0, 0.05) is 60.1 Å². The average Bonchev–Trinajstić information content (AvgIpc) is 3.77. The van der Waals surface area contributed by atoms with Crippen molar-refractivity contribution in [3.8, 4) is 28.7 Å². The van der Waals surface area contributed by atoms with Crippen molar-refractivity contribution < 1.29 is 43.2 Å². The van der Waals surface area contributed by atoms with Crippen molar-refractivity contribution in [3.05, 3.63) is 69.5 Å². The number of amides is 1. The monoisotopic (exact) mass is 683 g/mol. The number of aliphatic hydroxyl groups is 1. The molecule has 0 radical (unpaired) electrons. The van der Waals surface area contributed by atoms with Gasteiger partial charge in [0.25, 0.3) is 0 Å². The Morgan fingerprint density at radius 3 is 2.70 bits per heavy atom. The maximum atomic E-state index is 14.3. The molecule has 3 aromatic rings. The fraction of sp³-hybridized carbons (Fsp3) is 0.394. The number of aromatic amines is 1. The maximum Gasteiger partial charge on any atom is 0.231 e. The summed E-state index contributed by atoms with van der Waals surface area (Å²) < 4.78 is 28.2. The number of carbonyl (C=O) groups excluding carboxylic acids is 3. The molecule has 47 heavy (non-hydrogen) atoms. The zero-order valence-electron chi connectivity index (χ0n) is 26.2. The number of H-pyrrole nitrogens is 1. The first-order valence-corrected chi connectivity index (χ1v) is 16.5. The molecule has 3 heterocycles. The van der Waals surface area contributed by atoms with Crippen LogP contribution in [-0.2, 0) is 15.3 Å². The number of fused-ring (bicyclic) bond motifs is 2. The molecule has 14 heteroatoms. The van der Waals surface area contributed by atoms with E-state index in [1.165, 1.54) is 20.3 Å². The number of ketones is 2. The molecule has 3 N–H and O–H groups in total. The number of methoxy groups -OCH3 is 2. The number of aliphatic hydroxyl groups excluding tert-OH is 1. The third kappa shape index (κ3) is 5.65. The molecule has 2 aliphatic heterocycles. The zero-order chi connectivity index (χ0) is 33.5. The number of aromatic nitrogens is 2. The average molecular weight is 684 g/mol. The van der Waals surface area contributed by atoms with Crippen molar-refractivity contribution in [1.29, 1.82) is 0 Å². The predicted octanol–water partition coefficient (Wildman–Crippen LogP) is 5.08. The highest BCUT2D eigenvalue weighted by atomic mass is 35.5. The molecular weight excluding hydrogens is 650 g/mol. The molecule has 3 unspecified atom stereocenters. The number of hydrogen-bond acceptors (Lipinski definition) is 11. The Morgan fingerprint density at radius 1 is 1.21 bits per heavy atom. The lowest BCUT2D eigenvalue weighted by molar-refractivity contribution is -0.121. The van der Waals surface area contributed by atoms with Gasteiger partial charge >= 0.3 is 0 Å². The molecule has 2 aromatic carbocycles. The smallest absolute Gasteiger partial charge is 0.231 e. The Hall–Kier alpha value is -4.36. The summed E-state index contributed by atoms with van der Waals surface area (Å²) in [6.45, 7) is 4.00. The summed E-state index contributed by atoms with van der Waals surface area (Å²) in [4.78, 5) is 48.9. The van der Waals surface area contributed by atoms with Crippen LogP contribution in [0.3, 0.4) is 0 Å². The molecule has 1 aromatic heterocycles. The van der Waals surface area contributed by atoms with Crippen molar-refractivity contribution in [2.45, 2.75) is 44.0 Å². The fourth-order valence-corrected chi connectivity index (χ4v) is 7.42. The first-order chi connectivity index (χ1) is 22.6. The predicted molar refractivity (Wildman–Crippen MR) is 173 cm³/mol. The van der Waals surface area contributed by atoms with Gasteiger partial charge in [0.05, 0.1) is 26.2 Å². The molecule has 3 aliphatic rings. The number of nitrogens with zero attached hydrogens (tertiary/aromatic N) is 1. The number of halogens is 1. The number of carbonyl (C=O) groups is 3. The molecule has 0 bridgehead atoms. The van der Waals surface area contributed by atoms with Crippen molar-refractivity contribution in [2.75, 3.05) is 33.3 Å².